The van der Waals surface area contributed by atoms with Crippen LogP contribution in [0, 0.1) is 18.2 Å². The first-order valence-corrected chi connectivity index (χ1v) is 15.3. The van der Waals surface area contributed by atoms with Gasteiger partial charge < -0.3 is 14.5 Å². The summed E-state index contributed by atoms with van der Waals surface area (Å²) in [5.41, 5.74) is 0.965. The predicted molar refractivity (Wildman–Crippen MR) is 170 cm³/mol. The molecular formula is C35H34F2N6O2. The lowest BCUT2D eigenvalue weighted by Crippen LogP contribution is -2.43. The highest BCUT2D eigenvalue weighted by molar-refractivity contribution is 6.02. The largest absolute Gasteiger partial charge is 0.461 e. The molecule has 3 fully saturated rings. The van der Waals surface area contributed by atoms with Gasteiger partial charge in [0.1, 0.15) is 29.8 Å². The van der Waals surface area contributed by atoms with E-state index < -0.39 is 17.5 Å². The van der Waals surface area contributed by atoms with Gasteiger partial charge in [-0.3, -0.25) is 14.7 Å². The molecule has 3 saturated heterocycles. The van der Waals surface area contributed by atoms with Gasteiger partial charge in [-0.15, -0.1) is 6.42 Å². The maximum absolute atomic E-state index is 16.7. The minimum atomic E-state index is -0.906. The van der Waals surface area contributed by atoms with E-state index in [0.29, 0.717) is 54.8 Å². The van der Waals surface area contributed by atoms with E-state index in [-0.39, 0.29) is 35.8 Å². The van der Waals surface area contributed by atoms with E-state index >= 15 is 4.39 Å². The Labute approximate surface area is 260 Å². The molecule has 0 unspecified atom stereocenters. The van der Waals surface area contributed by atoms with Crippen molar-refractivity contribution in [2.75, 3.05) is 44.7 Å². The SMILES string of the molecule is C#Cc1cccc2cccc(-c3ncc4c(N(C)[C@@H]5CCN(C(=O)C=C)C5)nc(OC[C@@]56CCCN5C[C@H](F)C6)nc4c3F)c12. The number of pyridine rings is 1. The van der Waals surface area contributed by atoms with Crippen molar-refractivity contribution in [2.45, 2.75) is 43.4 Å². The molecule has 0 spiro atoms. The van der Waals surface area contributed by atoms with Crippen LogP contribution in [0.3, 0.4) is 0 Å². The number of ether oxygens (including phenoxy) is 1. The summed E-state index contributed by atoms with van der Waals surface area (Å²) in [5.74, 6) is 2.41. The van der Waals surface area contributed by atoms with E-state index in [0.717, 1.165) is 30.2 Å². The first-order valence-electron chi connectivity index (χ1n) is 15.3. The molecule has 1 amide bonds. The van der Waals surface area contributed by atoms with Crippen molar-refractivity contribution in [3.8, 4) is 29.6 Å². The highest BCUT2D eigenvalue weighted by Gasteiger charge is 2.49. The number of amides is 1. The van der Waals surface area contributed by atoms with Crippen molar-refractivity contribution in [1.29, 1.82) is 0 Å². The molecule has 7 rings (SSSR count). The minimum Gasteiger partial charge on any atom is -0.461 e. The number of fused-ring (bicyclic) bond motifs is 3. The number of benzene rings is 2. The van der Waals surface area contributed by atoms with Crippen molar-refractivity contribution >= 4 is 33.4 Å². The molecule has 230 valence electrons. The average molecular weight is 609 g/mol. The second-order valence-corrected chi connectivity index (χ2v) is 12.3. The van der Waals surface area contributed by atoms with Crippen molar-refractivity contribution < 1.29 is 18.3 Å². The quantitative estimate of drug-likeness (QED) is 0.212. The molecule has 3 atom stereocenters. The normalized spacial score (nSPS) is 22.9. The van der Waals surface area contributed by atoms with Gasteiger partial charge in [0.15, 0.2) is 5.82 Å². The number of anilines is 1. The van der Waals surface area contributed by atoms with Crippen LogP contribution < -0.4 is 9.64 Å². The molecular weight excluding hydrogens is 574 g/mol. The van der Waals surface area contributed by atoms with Gasteiger partial charge in [-0.25, -0.2) is 8.78 Å². The number of terminal acetylenes is 1. The number of hydrogen-bond acceptors (Lipinski definition) is 7. The van der Waals surface area contributed by atoms with Crippen LogP contribution in [-0.2, 0) is 4.79 Å². The third-order valence-corrected chi connectivity index (χ3v) is 9.72. The molecule has 10 heteroatoms. The number of carbonyl (C=O) groups is 1. The van der Waals surface area contributed by atoms with Gasteiger partial charge in [0.2, 0.25) is 5.91 Å². The van der Waals surface area contributed by atoms with Crippen LogP contribution in [0.5, 0.6) is 6.01 Å². The Morgan fingerprint density at radius 1 is 1.24 bits per heavy atom. The monoisotopic (exact) mass is 608 g/mol. The van der Waals surface area contributed by atoms with E-state index in [4.69, 9.17) is 16.1 Å². The topological polar surface area (TPSA) is 74.7 Å². The summed E-state index contributed by atoms with van der Waals surface area (Å²) in [6, 6.07) is 11.1. The van der Waals surface area contributed by atoms with E-state index in [1.807, 2.05) is 42.3 Å². The second-order valence-electron chi connectivity index (χ2n) is 12.3. The Bertz CT molecular complexity index is 1870. The molecule has 45 heavy (non-hydrogen) atoms. The number of likely N-dealkylation sites (tertiary alicyclic amines) is 1. The lowest BCUT2D eigenvalue weighted by atomic mass is 9.95. The summed E-state index contributed by atoms with van der Waals surface area (Å²) in [6.45, 7) is 6.08. The zero-order valence-electron chi connectivity index (χ0n) is 25.2. The van der Waals surface area contributed by atoms with Crippen LogP contribution >= 0.6 is 0 Å². The first-order chi connectivity index (χ1) is 21.8. The van der Waals surface area contributed by atoms with Gasteiger partial charge in [-0.2, -0.15) is 9.97 Å². The van der Waals surface area contributed by atoms with E-state index in [2.05, 4.69) is 27.4 Å². The fraction of sp³-hybridized carbons (Fsp3) is 0.371. The number of likely N-dealkylation sites (N-methyl/N-ethyl adjacent to an activating group) is 1. The van der Waals surface area contributed by atoms with E-state index in [9.17, 15) is 9.18 Å². The lowest BCUT2D eigenvalue weighted by molar-refractivity contribution is -0.125. The Kier molecular flexibility index (Phi) is 7.37. The van der Waals surface area contributed by atoms with Gasteiger partial charge in [0, 0.05) is 61.9 Å². The standard InChI is InChI=1S/C35H34F2N6O2/c1-4-22-9-6-10-23-11-7-12-26(29(22)23)31-30(37)32-27(18-38-31)33(41(3)25-13-16-42(20-25)28(44)5-2)40-34(39-32)45-21-35-14-8-15-43(35)19-24(36)17-35/h1,5-7,9-12,18,24-25H,2,8,13-17,19-21H2,3H3/t24-,25-,35+/m1/s1. The van der Waals surface area contributed by atoms with Crippen LogP contribution in [-0.4, -0.2) is 88.2 Å². The molecule has 3 aliphatic heterocycles. The first kappa shape index (κ1) is 29.1. The van der Waals surface area contributed by atoms with Crippen molar-refractivity contribution in [3.63, 3.8) is 0 Å². The summed E-state index contributed by atoms with van der Waals surface area (Å²) in [5, 5.41) is 2.03. The molecule has 2 aromatic carbocycles. The predicted octanol–water partition coefficient (Wildman–Crippen LogP) is 5.14. The number of carbonyl (C=O) groups excluding carboxylic acids is 1. The minimum absolute atomic E-state index is 0.0168. The van der Waals surface area contributed by atoms with Crippen LogP contribution in [0.4, 0.5) is 14.6 Å². The maximum Gasteiger partial charge on any atom is 0.319 e. The Balaban J connectivity index is 1.33. The number of aromatic nitrogens is 3. The van der Waals surface area contributed by atoms with Gasteiger partial charge in [0.05, 0.1) is 10.9 Å². The number of halogens is 2. The highest BCUT2D eigenvalue weighted by Crippen LogP contribution is 2.41. The highest BCUT2D eigenvalue weighted by atomic mass is 19.1. The van der Waals surface area contributed by atoms with Crippen molar-refractivity contribution in [3.05, 3.63) is 66.6 Å². The van der Waals surface area contributed by atoms with Crippen LogP contribution in [0.2, 0.25) is 0 Å². The third-order valence-electron chi connectivity index (χ3n) is 9.72. The molecule has 2 aromatic heterocycles. The average Bonchev–Trinajstić information content (AvgIpc) is 3.77. The summed E-state index contributed by atoms with van der Waals surface area (Å²) in [4.78, 5) is 32.1. The number of alkyl halides is 1. The van der Waals surface area contributed by atoms with Crippen LogP contribution in [0.15, 0.2) is 55.3 Å². The van der Waals surface area contributed by atoms with Gasteiger partial charge in [-0.1, -0.05) is 42.8 Å². The summed E-state index contributed by atoms with van der Waals surface area (Å²) in [7, 11) is 1.87. The van der Waals surface area contributed by atoms with Crippen LogP contribution in [0.25, 0.3) is 32.9 Å². The Morgan fingerprint density at radius 2 is 2.07 bits per heavy atom. The summed E-state index contributed by atoms with van der Waals surface area (Å²) >= 11 is 0. The van der Waals surface area contributed by atoms with E-state index in [1.54, 1.807) is 17.2 Å². The fourth-order valence-corrected chi connectivity index (χ4v) is 7.41. The zero-order chi connectivity index (χ0) is 31.3. The number of hydrogen-bond donors (Lipinski definition) is 0. The molecule has 0 saturated carbocycles. The number of nitrogens with zero attached hydrogens (tertiary/aromatic N) is 6. The molecule has 0 radical (unpaired) electrons. The molecule has 0 aliphatic carbocycles. The molecule has 5 heterocycles. The Hall–Kier alpha value is -4.62. The van der Waals surface area contributed by atoms with E-state index in [1.165, 1.54) is 6.08 Å². The smallest absolute Gasteiger partial charge is 0.319 e. The van der Waals surface area contributed by atoms with Gasteiger partial charge in [-0.05, 0) is 43.3 Å². The maximum atomic E-state index is 16.7. The fourth-order valence-electron chi connectivity index (χ4n) is 7.41. The second kappa shape index (κ2) is 11.4. The summed E-state index contributed by atoms with van der Waals surface area (Å²) in [6.07, 6.45) is 10.7. The molecule has 0 bridgehead atoms. The Morgan fingerprint density at radius 3 is 2.87 bits per heavy atom. The molecule has 4 aromatic rings. The van der Waals surface area contributed by atoms with Crippen molar-refractivity contribution in [1.82, 2.24) is 24.8 Å². The lowest BCUT2D eigenvalue weighted by Gasteiger charge is -2.31. The zero-order valence-corrected chi connectivity index (χ0v) is 25.2. The van der Waals surface area contributed by atoms with Crippen molar-refractivity contribution in [2.24, 2.45) is 0 Å². The summed E-state index contributed by atoms with van der Waals surface area (Å²) < 4.78 is 37.4. The molecule has 8 nitrogen and oxygen atoms in total. The van der Waals surface area contributed by atoms with Crippen LogP contribution in [0.1, 0.15) is 31.2 Å². The third kappa shape index (κ3) is 4.95. The molecule has 0 N–H and O–H groups in total. The van der Waals surface area contributed by atoms with Gasteiger partial charge in [0.25, 0.3) is 0 Å². The van der Waals surface area contributed by atoms with Gasteiger partial charge >= 0.3 is 6.01 Å². The number of rotatable bonds is 7. The molecule has 3 aliphatic rings.